The summed E-state index contributed by atoms with van der Waals surface area (Å²) in [5.41, 5.74) is 0.628. The van der Waals surface area contributed by atoms with E-state index in [1.165, 1.54) is 11.8 Å². The number of furan rings is 1. The number of ketones is 1. The summed E-state index contributed by atoms with van der Waals surface area (Å²) in [6, 6.07) is 10.7. The van der Waals surface area contributed by atoms with Crippen LogP contribution in [0.3, 0.4) is 0 Å². The summed E-state index contributed by atoms with van der Waals surface area (Å²) in [4.78, 5) is 12.2. The van der Waals surface area contributed by atoms with Gasteiger partial charge < -0.3 is 9.15 Å². The predicted octanol–water partition coefficient (Wildman–Crippen LogP) is 2.30. The third-order valence-corrected chi connectivity index (χ3v) is 4.09. The van der Waals surface area contributed by atoms with Crippen LogP contribution >= 0.6 is 11.8 Å². The number of methoxy groups -OCH3 is 1. The zero-order chi connectivity index (χ0) is 16.1. The topological polar surface area (TPSA) is 83.0 Å². The first-order valence-corrected chi connectivity index (χ1v) is 7.83. The first-order valence-electron chi connectivity index (χ1n) is 6.85. The van der Waals surface area contributed by atoms with Gasteiger partial charge in [-0.3, -0.25) is 4.79 Å². The molecule has 0 aliphatic heterocycles. The van der Waals surface area contributed by atoms with Crippen molar-refractivity contribution in [3.63, 3.8) is 0 Å². The lowest BCUT2D eigenvalue weighted by atomic mass is 10.1. The molecule has 7 nitrogen and oxygen atoms in total. The van der Waals surface area contributed by atoms with Crippen molar-refractivity contribution < 1.29 is 13.9 Å². The van der Waals surface area contributed by atoms with Crippen LogP contribution in [0.2, 0.25) is 0 Å². The molecule has 23 heavy (non-hydrogen) atoms. The second-order valence-electron chi connectivity index (χ2n) is 4.64. The van der Waals surface area contributed by atoms with Gasteiger partial charge >= 0.3 is 0 Å². The maximum absolute atomic E-state index is 12.2. The van der Waals surface area contributed by atoms with Crippen molar-refractivity contribution in [3.8, 4) is 5.75 Å². The molecule has 0 radical (unpaired) electrons. The Hall–Kier alpha value is -2.61. The van der Waals surface area contributed by atoms with Crippen molar-refractivity contribution in [1.29, 1.82) is 0 Å². The lowest BCUT2D eigenvalue weighted by Crippen LogP contribution is -2.06. The van der Waals surface area contributed by atoms with Gasteiger partial charge in [-0.05, 0) is 46.8 Å². The van der Waals surface area contributed by atoms with Crippen LogP contribution in [0.4, 0.5) is 0 Å². The molecular formula is C15H14N4O3S. The zero-order valence-electron chi connectivity index (χ0n) is 12.4. The highest BCUT2D eigenvalue weighted by molar-refractivity contribution is 7.99. The number of nitrogens with zero attached hydrogens (tertiary/aromatic N) is 4. The Morgan fingerprint density at radius 2 is 2.13 bits per heavy atom. The Kier molecular flexibility index (Phi) is 4.72. The Labute approximate surface area is 136 Å². The molecular weight excluding hydrogens is 316 g/mol. The van der Waals surface area contributed by atoms with Crippen molar-refractivity contribution >= 4 is 17.5 Å². The van der Waals surface area contributed by atoms with Crippen LogP contribution in [0.15, 0.2) is 52.2 Å². The lowest BCUT2D eigenvalue weighted by molar-refractivity contribution is 0.102. The molecule has 2 aromatic heterocycles. The number of hydrogen-bond donors (Lipinski definition) is 0. The number of Topliss-reactive ketones (excluding diaryl/α,β-unsaturated/α-hetero) is 1. The molecule has 2 heterocycles. The molecule has 0 atom stereocenters. The monoisotopic (exact) mass is 330 g/mol. The van der Waals surface area contributed by atoms with Crippen molar-refractivity contribution in [3.05, 3.63) is 54.0 Å². The summed E-state index contributed by atoms with van der Waals surface area (Å²) in [6.07, 6.45) is 1.60. The molecule has 0 amide bonds. The molecule has 0 bridgehead atoms. The molecule has 3 rings (SSSR count). The van der Waals surface area contributed by atoms with Gasteiger partial charge in [0.15, 0.2) is 5.78 Å². The maximum Gasteiger partial charge on any atom is 0.210 e. The smallest absolute Gasteiger partial charge is 0.210 e. The molecule has 0 saturated carbocycles. The lowest BCUT2D eigenvalue weighted by Gasteiger charge is -2.04. The summed E-state index contributed by atoms with van der Waals surface area (Å²) >= 11 is 1.29. The summed E-state index contributed by atoms with van der Waals surface area (Å²) in [6.45, 7) is 0.430. The van der Waals surface area contributed by atoms with Crippen molar-refractivity contribution in [1.82, 2.24) is 20.2 Å². The fourth-order valence-corrected chi connectivity index (χ4v) is 2.71. The molecule has 8 heteroatoms. The number of hydrogen-bond acceptors (Lipinski definition) is 7. The van der Waals surface area contributed by atoms with Gasteiger partial charge in [0, 0.05) is 5.56 Å². The first-order chi connectivity index (χ1) is 11.3. The van der Waals surface area contributed by atoms with E-state index >= 15 is 0 Å². The average molecular weight is 330 g/mol. The minimum atomic E-state index is 0.00482. The van der Waals surface area contributed by atoms with Gasteiger partial charge in [0.2, 0.25) is 5.16 Å². The summed E-state index contributed by atoms with van der Waals surface area (Å²) in [5.74, 6) is 1.73. The summed E-state index contributed by atoms with van der Waals surface area (Å²) < 4.78 is 12.0. The Morgan fingerprint density at radius 3 is 2.83 bits per heavy atom. The predicted molar refractivity (Wildman–Crippen MR) is 83.7 cm³/mol. The molecule has 0 saturated heterocycles. The van der Waals surface area contributed by atoms with Gasteiger partial charge in [0.25, 0.3) is 0 Å². The van der Waals surface area contributed by atoms with E-state index in [1.54, 1.807) is 48.4 Å². The van der Waals surface area contributed by atoms with E-state index in [9.17, 15) is 4.79 Å². The highest BCUT2D eigenvalue weighted by Crippen LogP contribution is 2.18. The van der Waals surface area contributed by atoms with E-state index in [0.717, 1.165) is 11.5 Å². The summed E-state index contributed by atoms with van der Waals surface area (Å²) in [7, 11) is 1.59. The van der Waals surface area contributed by atoms with E-state index in [4.69, 9.17) is 9.15 Å². The van der Waals surface area contributed by atoms with Crippen LogP contribution in [0.1, 0.15) is 16.1 Å². The van der Waals surface area contributed by atoms with Crippen LogP contribution in [-0.4, -0.2) is 38.9 Å². The normalized spacial score (nSPS) is 10.7. The molecule has 0 N–H and O–H groups in total. The molecule has 0 fully saturated rings. The second-order valence-corrected chi connectivity index (χ2v) is 5.58. The summed E-state index contributed by atoms with van der Waals surface area (Å²) in [5, 5.41) is 12.1. The fraction of sp³-hybridized carbons (Fsp3) is 0.200. The SMILES string of the molecule is COc1ccc(C(=O)CSc2nnnn2Cc2ccco2)cc1. The highest BCUT2D eigenvalue weighted by atomic mass is 32.2. The fourth-order valence-electron chi connectivity index (χ4n) is 1.94. The van der Waals surface area contributed by atoms with E-state index in [0.29, 0.717) is 17.3 Å². The molecule has 0 spiro atoms. The van der Waals surface area contributed by atoms with E-state index in [2.05, 4.69) is 15.5 Å². The molecule has 0 aliphatic carbocycles. The Bertz CT molecular complexity index is 768. The van der Waals surface area contributed by atoms with Gasteiger partial charge in [-0.2, -0.15) is 0 Å². The number of carbonyl (C=O) groups excluding carboxylic acids is 1. The highest BCUT2D eigenvalue weighted by Gasteiger charge is 2.12. The van der Waals surface area contributed by atoms with Crippen molar-refractivity contribution in [2.24, 2.45) is 0 Å². The molecule has 1 aromatic carbocycles. The number of thioether (sulfide) groups is 1. The third kappa shape index (κ3) is 3.78. The Morgan fingerprint density at radius 1 is 1.30 bits per heavy atom. The standard InChI is InChI=1S/C15H14N4O3S/c1-21-12-6-4-11(5-7-12)14(20)10-23-15-16-17-18-19(15)9-13-3-2-8-22-13/h2-8H,9-10H2,1H3. The second kappa shape index (κ2) is 7.10. The van der Waals surface area contributed by atoms with Crippen LogP contribution in [0.25, 0.3) is 0 Å². The van der Waals surface area contributed by atoms with Gasteiger partial charge in [0.05, 0.1) is 19.1 Å². The molecule has 3 aromatic rings. The minimum absolute atomic E-state index is 0.00482. The molecule has 0 unspecified atom stereocenters. The quantitative estimate of drug-likeness (QED) is 0.485. The van der Waals surface area contributed by atoms with Gasteiger partial charge in [-0.1, -0.05) is 11.8 Å². The molecule has 0 aliphatic rings. The van der Waals surface area contributed by atoms with Crippen molar-refractivity contribution in [2.75, 3.05) is 12.9 Å². The van der Waals surface area contributed by atoms with Crippen LogP contribution in [0, 0.1) is 0 Å². The largest absolute Gasteiger partial charge is 0.497 e. The van der Waals surface area contributed by atoms with Gasteiger partial charge in [-0.25, -0.2) is 4.68 Å². The molecule has 118 valence electrons. The Balaban J connectivity index is 1.61. The van der Waals surface area contributed by atoms with Crippen LogP contribution < -0.4 is 4.74 Å². The first kappa shape index (κ1) is 15.3. The van der Waals surface area contributed by atoms with E-state index < -0.39 is 0 Å². The number of rotatable bonds is 7. The number of ether oxygens (including phenoxy) is 1. The van der Waals surface area contributed by atoms with Gasteiger partial charge in [-0.15, -0.1) is 5.10 Å². The van der Waals surface area contributed by atoms with E-state index in [1.807, 2.05) is 6.07 Å². The minimum Gasteiger partial charge on any atom is -0.497 e. The third-order valence-electron chi connectivity index (χ3n) is 3.13. The number of tetrazole rings is 1. The number of benzene rings is 1. The van der Waals surface area contributed by atoms with Crippen LogP contribution in [0.5, 0.6) is 5.75 Å². The number of aromatic nitrogens is 4. The van der Waals surface area contributed by atoms with Crippen molar-refractivity contribution in [2.45, 2.75) is 11.7 Å². The van der Waals surface area contributed by atoms with E-state index in [-0.39, 0.29) is 11.5 Å². The zero-order valence-corrected chi connectivity index (χ0v) is 13.2. The maximum atomic E-state index is 12.2. The van der Waals surface area contributed by atoms with Gasteiger partial charge in [0.1, 0.15) is 18.1 Å². The number of carbonyl (C=O) groups is 1. The van der Waals surface area contributed by atoms with Crippen LogP contribution in [-0.2, 0) is 6.54 Å². The average Bonchev–Trinajstić information content (AvgIpc) is 3.25.